The molecule has 3 aromatic rings. The van der Waals surface area contributed by atoms with Gasteiger partial charge in [-0.1, -0.05) is 6.07 Å². The maximum Gasteiger partial charge on any atom is 0.255 e. The number of aryl methyl sites for hydroxylation is 1. The van der Waals surface area contributed by atoms with Gasteiger partial charge in [0.1, 0.15) is 4.60 Å². The molecule has 0 saturated carbocycles. The zero-order chi connectivity index (χ0) is 14.1. The second-order valence-corrected chi connectivity index (χ2v) is 5.32. The normalized spacial score (nSPS) is 10.7. The molecule has 2 heterocycles. The molecule has 0 aliphatic carbocycles. The van der Waals surface area contributed by atoms with Crippen LogP contribution < -0.4 is 5.32 Å². The van der Waals surface area contributed by atoms with E-state index >= 15 is 0 Å². The lowest BCUT2D eigenvalue weighted by atomic mass is 10.1. The topological polar surface area (TPSA) is 57.8 Å². The molecule has 0 spiro atoms. The van der Waals surface area contributed by atoms with E-state index in [4.69, 9.17) is 0 Å². The Balaban J connectivity index is 1.86. The van der Waals surface area contributed by atoms with Gasteiger partial charge in [0.25, 0.3) is 5.91 Å². The van der Waals surface area contributed by atoms with Crippen LogP contribution in [0.2, 0.25) is 0 Å². The van der Waals surface area contributed by atoms with E-state index in [2.05, 4.69) is 31.2 Å². The summed E-state index contributed by atoms with van der Waals surface area (Å²) in [5, 5.41) is 3.93. The molecular weight excluding hydrogens is 318 g/mol. The fraction of sp³-hybridized carbons (Fsp3) is 0.0667. The number of amides is 1. The van der Waals surface area contributed by atoms with Gasteiger partial charge in [0.2, 0.25) is 0 Å². The van der Waals surface area contributed by atoms with E-state index in [1.807, 2.05) is 43.5 Å². The number of halogens is 1. The lowest BCUT2D eigenvalue weighted by molar-refractivity contribution is 0.102. The highest BCUT2D eigenvalue weighted by Gasteiger charge is 2.08. The maximum absolute atomic E-state index is 12.2. The molecule has 0 bridgehead atoms. The van der Waals surface area contributed by atoms with Gasteiger partial charge in [-0.25, -0.2) is 4.98 Å². The molecule has 2 N–H and O–H groups in total. The summed E-state index contributed by atoms with van der Waals surface area (Å²) in [4.78, 5) is 19.5. The Morgan fingerprint density at radius 1 is 1.30 bits per heavy atom. The molecule has 1 aromatic carbocycles. The van der Waals surface area contributed by atoms with Crippen LogP contribution in [0.25, 0.3) is 10.9 Å². The predicted octanol–water partition coefficient (Wildman–Crippen LogP) is 3.89. The van der Waals surface area contributed by atoms with E-state index in [0.717, 1.165) is 21.1 Å². The van der Waals surface area contributed by atoms with Crippen molar-refractivity contribution in [3.63, 3.8) is 0 Å². The summed E-state index contributed by atoms with van der Waals surface area (Å²) in [5.41, 5.74) is 3.22. The number of benzene rings is 1. The summed E-state index contributed by atoms with van der Waals surface area (Å²) in [6, 6.07) is 9.42. The predicted molar refractivity (Wildman–Crippen MR) is 82.9 cm³/mol. The van der Waals surface area contributed by atoms with Gasteiger partial charge < -0.3 is 10.3 Å². The minimum Gasteiger partial charge on any atom is -0.361 e. The number of aromatic amines is 1. The average molecular weight is 330 g/mol. The number of pyridine rings is 1. The molecule has 3 rings (SSSR count). The molecule has 20 heavy (non-hydrogen) atoms. The first-order chi connectivity index (χ1) is 9.63. The second kappa shape index (κ2) is 5.09. The van der Waals surface area contributed by atoms with Crippen LogP contribution in [0, 0.1) is 6.92 Å². The van der Waals surface area contributed by atoms with Crippen molar-refractivity contribution in [2.24, 2.45) is 0 Å². The van der Waals surface area contributed by atoms with Crippen molar-refractivity contribution in [2.45, 2.75) is 6.92 Å². The molecule has 0 saturated heterocycles. The highest BCUT2D eigenvalue weighted by Crippen LogP contribution is 2.19. The molecule has 2 aromatic heterocycles. The van der Waals surface area contributed by atoms with E-state index in [0.29, 0.717) is 11.3 Å². The van der Waals surface area contributed by atoms with Gasteiger partial charge in [-0.3, -0.25) is 4.79 Å². The Bertz CT molecular complexity index is 795. The molecule has 0 unspecified atom stereocenters. The summed E-state index contributed by atoms with van der Waals surface area (Å²) >= 11 is 3.34. The number of carbonyl (C=O) groups is 1. The largest absolute Gasteiger partial charge is 0.361 e. The molecule has 0 atom stereocenters. The summed E-state index contributed by atoms with van der Waals surface area (Å²) in [6.45, 7) is 1.93. The SMILES string of the molecule is Cc1cc(NC(=O)c2ccc3cc[nH]c3c2)cnc1Br. The molecule has 0 radical (unpaired) electrons. The molecule has 100 valence electrons. The number of carbonyl (C=O) groups excluding carboxylic acids is 1. The first-order valence-corrected chi connectivity index (χ1v) is 6.93. The maximum atomic E-state index is 12.2. The number of H-pyrrole nitrogens is 1. The first kappa shape index (κ1) is 12.9. The third-order valence-corrected chi connectivity index (χ3v) is 3.92. The monoisotopic (exact) mass is 329 g/mol. The fourth-order valence-electron chi connectivity index (χ4n) is 2.02. The van der Waals surface area contributed by atoms with Gasteiger partial charge in [0.15, 0.2) is 0 Å². The standard InChI is InChI=1S/C15H12BrN3O/c1-9-6-12(8-18-14(9)16)19-15(20)11-3-2-10-4-5-17-13(10)7-11/h2-8,17H,1H3,(H,19,20). The quantitative estimate of drug-likeness (QED) is 0.701. The Labute approximate surface area is 124 Å². The van der Waals surface area contributed by atoms with Crippen molar-refractivity contribution in [1.82, 2.24) is 9.97 Å². The number of rotatable bonds is 2. The van der Waals surface area contributed by atoms with E-state index in [9.17, 15) is 4.79 Å². The van der Waals surface area contributed by atoms with Crippen LogP contribution in [0.4, 0.5) is 5.69 Å². The third kappa shape index (κ3) is 2.44. The Morgan fingerprint density at radius 2 is 2.15 bits per heavy atom. The number of fused-ring (bicyclic) bond motifs is 1. The number of hydrogen-bond donors (Lipinski definition) is 2. The first-order valence-electron chi connectivity index (χ1n) is 6.14. The Morgan fingerprint density at radius 3 is 2.95 bits per heavy atom. The minimum atomic E-state index is -0.148. The van der Waals surface area contributed by atoms with Crippen molar-refractivity contribution < 1.29 is 4.79 Å². The molecule has 0 aliphatic heterocycles. The van der Waals surface area contributed by atoms with Crippen molar-refractivity contribution in [3.8, 4) is 0 Å². The zero-order valence-corrected chi connectivity index (χ0v) is 12.4. The van der Waals surface area contributed by atoms with Crippen molar-refractivity contribution >= 4 is 38.4 Å². The van der Waals surface area contributed by atoms with E-state index < -0.39 is 0 Å². The van der Waals surface area contributed by atoms with Gasteiger partial charge in [-0.05, 0) is 58.1 Å². The number of anilines is 1. The van der Waals surface area contributed by atoms with Gasteiger partial charge in [0.05, 0.1) is 11.9 Å². The van der Waals surface area contributed by atoms with Crippen LogP contribution in [0.3, 0.4) is 0 Å². The number of nitrogens with one attached hydrogen (secondary N) is 2. The van der Waals surface area contributed by atoms with Crippen LogP contribution in [-0.2, 0) is 0 Å². The lowest BCUT2D eigenvalue weighted by Gasteiger charge is -2.06. The van der Waals surface area contributed by atoms with Crippen LogP contribution in [0.5, 0.6) is 0 Å². The van der Waals surface area contributed by atoms with Crippen molar-refractivity contribution in [1.29, 1.82) is 0 Å². The highest BCUT2D eigenvalue weighted by atomic mass is 79.9. The van der Waals surface area contributed by atoms with Crippen molar-refractivity contribution in [2.75, 3.05) is 5.32 Å². The zero-order valence-electron chi connectivity index (χ0n) is 10.8. The summed E-state index contributed by atoms with van der Waals surface area (Å²) in [6.07, 6.45) is 3.48. The average Bonchev–Trinajstić information content (AvgIpc) is 2.90. The summed E-state index contributed by atoms with van der Waals surface area (Å²) < 4.78 is 0.781. The highest BCUT2D eigenvalue weighted by molar-refractivity contribution is 9.10. The fourth-order valence-corrected chi connectivity index (χ4v) is 2.24. The summed E-state index contributed by atoms with van der Waals surface area (Å²) in [5.74, 6) is -0.148. The molecule has 1 amide bonds. The summed E-state index contributed by atoms with van der Waals surface area (Å²) in [7, 11) is 0. The molecular formula is C15H12BrN3O. The molecule has 5 heteroatoms. The van der Waals surface area contributed by atoms with E-state index in [1.165, 1.54) is 0 Å². The van der Waals surface area contributed by atoms with Gasteiger partial charge in [-0.15, -0.1) is 0 Å². The number of nitrogens with zero attached hydrogens (tertiary/aromatic N) is 1. The third-order valence-electron chi connectivity index (χ3n) is 3.09. The van der Waals surface area contributed by atoms with Crippen LogP contribution in [-0.4, -0.2) is 15.9 Å². The van der Waals surface area contributed by atoms with Crippen LogP contribution >= 0.6 is 15.9 Å². The Hall–Kier alpha value is -2.14. The number of hydrogen-bond acceptors (Lipinski definition) is 2. The van der Waals surface area contributed by atoms with Crippen LogP contribution in [0.15, 0.2) is 47.3 Å². The smallest absolute Gasteiger partial charge is 0.255 e. The van der Waals surface area contributed by atoms with Crippen molar-refractivity contribution in [3.05, 3.63) is 58.5 Å². The molecule has 0 fully saturated rings. The second-order valence-electron chi connectivity index (χ2n) is 4.57. The molecule has 0 aliphatic rings. The van der Waals surface area contributed by atoms with Gasteiger partial charge in [0, 0.05) is 17.3 Å². The van der Waals surface area contributed by atoms with Gasteiger partial charge in [-0.2, -0.15) is 0 Å². The van der Waals surface area contributed by atoms with Gasteiger partial charge >= 0.3 is 0 Å². The van der Waals surface area contributed by atoms with E-state index in [1.54, 1.807) is 6.20 Å². The van der Waals surface area contributed by atoms with Crippen LogP contribution in [0.1, 0.15) is 15.9 Å². The van der Waals surface area contributed by atoms with E-state index in [-0.39, 0.29) is 5.91 Å². The Kier molecular flexibility index (Phi) is 3.28. The lowest BCUT2D eigenvalue weighted by Crippen LogP contribution is -2.12. The molecule has 4 nitrogen and oxygen atoms in total. The number of aromatic nitrogens is 2. The minimum absolute atomic E-state index is 0.148.